The Morgan fingerprint density at radius 2 is 2.00 bits per heavy atom. The maximum absolute atomic E-state index is 4.83. The highest BCUT2D eigenvalue weighted by Crippen LogP contribution is 2.39. The maximum atomic E-state index is 4.83. The molecule has 1 aromatic rings. The molecule has 0 unspecified atom stereocenters. The average Bonchev–Trinajstić information content (AvgIpc) is 3.25. The van der Waals surface area contributed by atoms with Gasteiger partial charge in [-0.25, -0.2) is 9.97 Å². The third-order valence-electron chi connectivity index (χ3n) is 4.59. The van der Waals surface area contributed by atoms with Crippen LogP contribution < -0.4 is 10.2 Å². The highest BCUT2D eigenvalue weighted by molar-refractivity contribution is 5.50. The van der Waals surface area contributed by atoms with Crippen molar-refractivity contribution < 1.29 is 0 Å². The largest absolute Gasteiger partial charge is 0.373 e. The van der Waals surface area contributed by atoms with Crippen LogP contribution >= 0.6 is 0 Å². The summed E-state index contributed by atoms with van der Waals surface area (Å²) < 4.78 is 0. The predicted octanol–water partition coefficient (Wildman–Crippen LogP) is 3.41. The second-order valence-electron chi connectivity index (χ2n) is 7.00. The van der Waals surface area contributed by atoms with E-state index in [-0.39, 0.29) is 0 Å². The predicted molar refractivity (Wildman–Crippen MR) is 83.4 cm³/mol. The van der Waals surface area contributed by atoms with Gasteiger partial charge in [-0.15, -0.1) is 0 Å². The molecule has 2 fully saturated rings. The summed E-state index contributed by atoms with van der Waals surface area (Å²) in [5, 5.41) is 3.18. The Bertz CT molecular complexity index is 479. The molecule has 2 aliphatic rings. The molecule has 1 N–H and O–H groups in total. The summed E-state index contributed by atoms with van der Waals surface area (Å²) in [5.74, 6) is 3.71. The van der Waals surface area contributed by atoms with Crippen LogP contribution in [0, 0.1) is 5.41 Å². The van der Waals surface area contributed by atoms with Gasteiger partial charge in [-0.05, 0) is 37.5 Å². The molecular formula is C16H26N4. The summed E-state index contributed by atoms with van der Waals surface area (Å²) in [6, 6.07) is 2.10. The summed E-state index contributed by atoms with van der Waals surface area (Å²) in [4.78, 5) is 11.9. The molecule has 0 spiro atoms. The molecule has 4 nitrogen and oxygen atoms in total. The molecule has 1 aromatic heterocycles. The Labute approximate surface area is 122 Å². The molecule has 0 bridgehead atoms. The van der Waals surface area contributed by atoms with E-state index in [0.29, 0.717) is 11.3 Å². The number of nitrogens with zero attached hydrogens (tertiary/aromatic N) is 3. The lowest BCUT2D eigenvalue weighted by molar-refractivity contribution is 0.325. The van der Waals surface area contributed by atoms with Gasteiger partial charge in [0.1, 0.15) is 17.5 Å². The monoisotopic (exact) mass is 274 g/mol. The first-order valence-electron chi connectivity index (χ1n) is 7.89. The topological polar surface area (TPSA) is 41.0 Å². The minimum atomic E-state index is 0.465. The molecule has 3 rings (SSSR count). The molecule has 0 atom stereocenters. The quantitative estimate of drug-likeness (QED) is 0.917. The van der Waals surface area contributed by atoms with Gasteiger partial charge in [0, 0.05) is 32.1 Å². The van der Waals surface area contributed by atoms with Crippen molar-refractivity contribution in [3.63, 3.8) is 0 Å². The minimum Gasteiger partial charge on any atom is -0.373 e. The van der Waals surface area contributed by atoms with Crippen LogP contribution in [0.1, 0.15) is 57.7 Å². The Kier molecular flexibility index (Phi) is 3.57. The van der Waals surface area contributed by atoms with Crippen LogP contribution in [0.4, 0.5) is 11.6 Å². The highest BCUT2D eigenvalue weighted by Gasteiger charge is 2.29. The van der Waals surface area contributed by atoms with Gasteiger partial charge < -0.3 is 10.2 Å². The van der Waals surface area contributed by atoms with Gasteiger partial charge in [-0.3, -0.25) is 0 Å². The Hall–Kier alpha value is -1.32. The molecule has 0 radical (unpaired) electrons. The molecule has 1 saturated carbocycles. The highest BCUT2D eigenvalue weighted by atomic mass is 15.2. The van der Waals surface area contributed by atoms with E-state index in [1.807, 2.05) is 7.05 Å². The van der Waals surface area contributed by atoms with Crippen LogP contribution in [-0.2, 0) is 0 Å². The van der Waals surface area contributed by atoms with Gasteiger partial charge in [0.05, 0.1) is 0 Å². The Balaban J connectivity index is 1.83. The molecule has 4 heteroatoms. The summed E-state index contributed by atoms with van der Waals surface area (Å²) in [6.45, 7) is 6.99. The lowest BCUT2D eigenvalue weighted by Crippen LogP contribution is -2.26. The van der Waals surface area contributed by atoms with Gasteiger partial charge in [-0.2, -0.15) is 0 Å². The van der Waals surface area contributed by atoms with E-state index in [1.165, 1.54) is 32.1 Å². The third-order valence-corrected chi connectivity index (χ3v) is 4.59. The number of hydrogen-bond acceptors (Lipinski definition) is 4. The molecule has 20 heavy (non-hydrogen) atoms. The number of hydrogen-bond donors (Lipinski definition) is 1. The van der Waals surface area contributed by atoms with Crippen molar-refractivity contribution in [1.29, 1.82) is 0 Å². The molecule has 1 aliphatic heterocycles. The molecule has 0 amide bonds. The van der Waals surface area contributed by atoms with Crippen molar-refractivity contribution in [3.8, 4) is 0 Å². The fourth-order valence-corrected chi connectivity index (χ4v) is 2.92. The van der Waals surface area contributed by atoms with Gasteiger partial charge in [-0.1, -0.05) is 13.8 Å². The molecule has 1 saturated heterocycles. The van der Waals surface area contributed by atoms with Gasteiger partial charge >= 0.3 is 0 Å². The normalized spacial score (nSPS) is 22.4. The molecule has 1 aliphatic carbocycles. The van der Waals surface area contributed by atoms with Gasteiger partial charge in [0.25, 0.3) is 0 Å². The zero-order valence-electron chi connectivity index (χ0n) is 12.9. The summed E-state index contributed by atoms with van der Waals surface area (Å²) >= 11 is 0. The van der Waals surface area contributed by atoms with Crippen molar-refractivity contribution in [2.24, 2.45) is 5.41 Å². The van der Waals surface area contributed by atoms with Crippen LogP contribution in [0.25, 0.3) is 0 Å². The Morgan fingerprint density at radius 1 is 1.20 bits per heavy atom. The Morgan fingerprint density at radius 3 is 2.70 bits per heavy atom. The van der Waals surface area contributed by atoms with Crippen molar-refractivity contribution in [2.45, 2.75) is 51.9 Å². The van der Waals surface area contributed by atoms with Crippen molar-refractivity contribution in [3.05, 3.63) is 11.9 Å². The van der Waals surface area contributed by atoms with Crippen LogP contribution in [0.2, 0.25) is 0 Å². The van der Waals surface area contributed by atoms with Crippen molar-refractivity contribution in [2.75, 3.05) is 30.4 Å². The lowest BCUT2D eigenvalue weighted by atomic mass is 9.85. The zero-order valence-corrected chi connectivity index (χ0v) is 12.9. The van der Waals surface area contributed by atoms with Crippen molar-refractivity contribution >= 4 is 11.6 Å². The van der Waals surface area contributed by atoms with Gasteiger partial charge in [0.15, 0.2) is 0 Å². The zero-order chi connectivity index (χ0) is 14.2. The maximum Gasteiger partial charge on any atom is 0.136 e. The molecule has 110 valence electrons. The van der Waals surface area contributed by atoms with Crippen molar-refractivity contribution in [1.82, 2.24) is 9.97 Å². The third kappa shape index (κ3) is 3.05. The number of aromatic nitrogens is 2. The van der Waals surface area contributed by atoms with E-state index in [9.17, 15) is 0 Å². The fourth-order valence-electron chi connectivity index (χ4n) is 2.92. The van der Waals surface area contributed by atoms with E-state index in [2.05, 4.69) is 35.1 Å². The van der Waals surface area contributed by atoms with E-state index < -0.39 is 0 Å². The van der Waals surface area contributed by atoms with Crippen LogP contribution in [0.15, 0.2) is 6.07 Å². The van der Waals surface area contributed by atoms with Crippen LogP contribution in [0.5, 0.6) is 0 Å². The number of nitrogens with one attached hydrogen (secondary N) is 1. The summed E-state index contributed by atoms with van der Waals surface area (Å²) in [7, 11) is 1.94. The lowest BCUT2D eigenvalue weighted by Gasteiger charge is -2.24. The first-order chi connectivity index (χ1) is 9.57. The average molecular weight is 274 g/mol. The second kappa shape index (κ2) is 5.23. The van der Waals surface area contributed by atoms with E-state index in [1.54, 1.807) is 0 Å². The fraction of sp³-hybridized carbons (Fsp3) is 0.750. The minimum absolute atomic E-state index is 0.465. The van der Waals surface area contributed by atoms with E-state index in [4.69, 9.17) is 4.98 Å². The first-order valence-corrected chi connectivity index (χ1v) is 7.89. The van der Waals surface area contributed by atoms with E-state index >= 15 is 0 Å². The standard InChI is InChI=1S/C16H26N4/c1-16(2)7-4-9-20(10-8-16)14-11-13(17-3)18-15(19-14)12-5-6-12/h11-12H,4-10H2,1-3H3,(H,17,18,19). The smallest absolute Gasteiger partial charge is 0.136 e. The molecule has 2 heterocycles. The molecular weight excluding hydrogens is 248 g/mol. The summed E-state index contributed by atoms with van der Waals surface area (Å²) in [5.41, 5.74) is 0.465. The van der Waals surface area contributed by atoms with E-state index in [0.717, 1.165) is 30.5 Å². The second-order valence-corrected chi connectivity index (χ2v) is 7.00. The number of anilines is 2. The molecule has 0 aromatic carbocycles. The van der Waals surface area contributed by atoms with Crippen LogP contribution in [-0.4, -0.2) is 30.1 Å². The van der Waals surface area contributed by atoms with Gasteiger partial charge in [0.2, 0.25) is 0 Å². The SMILES string of the molecule is CNc1cc(N2CCCC(C)(C)CC2)nc(C2CC2)n1. The van der Waals surface area contributed by atoms with Crippen LogP contribution in [0.3, 0.4) is 0 Å². The summed E-state index contributed by atoms with van der Waals surface area (Å²) in [6.07, 6.45) is 6.30. The number of rotatable bonds is 3. The first kappa shape index (κ1) is 13.7.